The summed E-state index contributed by atoms with van der Waals surface area (Å²) in [6.45, 7) is 1.77. The lowest BCUT2D eigenvalue weighted by Gasteiger charge is -2.08. The largest absolute Gasteiger partial charge is 0.481 e. The Balaban J connectivity index is 2.75. The molecule has 0 saturated heterocycles. The second-order valence-corrected chi connectivity index (χ2v) is 4.50. The zero-order valence-corrected chi connectivity index (χ0v) is 10.5. The molecule has 1 aromatic rings. The van der Waals surface area contributed by atoms with Crippen molar-refractivity contribution in [1.29, 1.82) is 0 Å². The minimum atomic E-state index is -0.911. The molecule has 0 bridgehead atoms. The van der Waals surface area contributed by atoms with E-state index in [0.29, 0.717) is 12.0 Å². The van der Waals surface area contributed by atoms with E-state index in [9.17, 15) is 9.59 Å². The third-order valence-electron chi connectivity index (χ3n) is 2.42. The van der Waals surface area contributed by atoms with Crippen LogP contribution in [0.4, 0.5) is 0 Å². The lowest BCUT2D eigenvalue weighted by Crippen LogP contribution is -2.17. The molecule has 1 rings (SSSR count). The van der Waals surface area contributed by atoms with E-state index in [-0.39, 0.29) is 12.2 Å². The van der Waals surface area contributed by atoms with E-state index in [1.54, 1.807) is 25.1 Å². The molecule has 0 spiro atoms. The fraction of sp³-hybridized carbons (Fsp3) is 0.333. The Morgan fingerprint density at radius 1 is 1.44 bits per heavy atom. The van der Waals surface area contributed by atoms with Crippen LogP contribution < -0.4 is 0 Å². The number of carboxylic acid groups (broad SMARTS) is 1. The van der Waals surface area contributed by atoms with E-state index >= 15 is 0 Å². The van der Waals surface area contributed by atoms with Gasteiger partial charge in [-0.1, -0.05) is 35.0 Å². The summed E-state index contributed by atoms with van der Waals surface area (Å²) in [6, 6.07) is 6.99. The van der Waals surface area contributed by atoms with Crippen molar-refractivity contribution in [2.45, 2.75) is 19.8 Å². The highest BCUT2D eigenvalue weighted by Gasteiger charge is 2.19. The number of hydrogen-bond acceptors (Lipinski definition) is 2. The molecule has 0 radical (unpaired) electrons. The summed E-state index contributed by atoms with van der Waals surface area (Å²) >= 11 is 3.27. The molecule has 1 atom stereocenters. The quantitative estimate of drug-likeness (QED) is 0.845. The van der Waals surface area contributed by atoms with Crippen LogP contribution in [-0.4, -0.2) is 16.9 Å². The van der Waals surface area contributed by atoms with Crippen LogP contribution in [0, 0.1) is 5.92 Å². The van der Waals surface area contributed by atoms with E-state index in [1.165, 1.54) is 0 Å². The van der Waals surface area contributed by atoms with E-state index in [1.807, 2.05) is 6.07 Å². The van der Waals surface area contributed by atoms with Crippen molar-refractivity contribution >= 4 is 27.7 Å². The average Bonchev–Trinajstić information content (AvgIpc) is 2.25. The molecule has 1 N–H and O–H groups in total. The Bertz CT molecular complexity index is 401. The van der Waals surface area contributed by atoms with Gasteiger partial charge in [0.15, 0.2) is 5.78 Å². The van der Waals surface area contributed by atoms with Crippen molar-refractivity contribution in [3.05, 3.63) is 34.3 Å². The van der Waals surface area contributed by atoms with Gasteiger partial charge in [-0.3, -0.25) is 9.59 Å². The maximum Gasteiger partial charge on any atom is 0.306 e. The molecule has 1 unspecified atom stereocenters. The van der Waals surface area contributed by atoms with Gasteiger partial charge in [0.05, 0.1) is 5.92 Å². The molecule has 3 nitrogen and oxygen atoms in total. The molecule has 0 aromatic heterocycles. The molecular formula is C12H13BrO3. The Morgan fingerprint density at radius 3 is 2.62 bits per heavy atom. The number of rotatable bonds is 5. The van der Waals surface area contributed by atoms with Gasteiger partial charge in [0.1, 0.15) is 0 Å². The van der Waals surface area contributed by atoms with E-state index in [4.69, 9.17) is 5.11 Å². The molecule has 86 valence electrons. The molecule has 4 heteroatoms. The SMILES string of the molecule is CCC(CC(=O)c1cccc(Br)c1)C(=O)O. The Hall–Kier alpha value is -1.16. The van der Waals surface area contributed by atoms with E-state index in [2.05, 4.69) is 15.9 Å². The number of halogens is 1. The number of carbonyl (C=O) groups excluding carboxylic acids is 1. The zero-order valence-electron chi connectivity index (χ0n) is 8.94. The highest BCUT2D eigenvalue weighted by Crippen LogP contribution is 2.17. The van der Waals surface area contributed by atoms with Crippen LogP contribution >= 0.6 is 15.9 Å². The van der Waals surface area contributed by atoms with Crippen molar-refractivity contribution < 1.29 is 14.7 Å². The fourth-order valence-electron chi connectivity index (χ4n) is 1.41. The maximum atomic E-state index is 11.8. The number of Topliss-reactive ketones (excluding diaryl/α,β-unsaturated/α-hetero) is 1. The lowest BCUT2D eigenvalue weighted by atomic mass is 9.96. The summed E-state index contributed by atoms with van der Waals surface area (Å²) in [5, 5.41) is 8.86. The Morgan fingerprint density at radius 2 is 2.12 bits per heavy atom. The van der Waals surface area contributed by atoms with Crippen molar-refractivity contribution in [3.8, 4) is 0 Å². The topological polar surface area (TPSA) is 54.4 Å². The third-order valence-corrected chi connectivity index (χ3v) is 2.91. The van der Waals surface area contributed by atoms with Crippen LogP contribution in [0.2, 0.25) is 0 Å². The second-order valence-electron chi connectivity index (χ2n) is 3.58. The molecule has 1 aromatic carbocycles. The normalized spacial score (nSPS) is 12.1. The summed E-state index contributed by atoms with van der Waals surface area (Å²) in [5.74, 6) is -1.63. The second kappa shape index (κ2) is 5.80. The van der Waals surface area contributed by atoms with Crippen LogP contribution in [0.15, 0.2) is 28.7 Å². The van der Waals surface area contributed by atoms with Crippen LogP contribution in [0.3, 0.4) is 0 Å². The molecule has 16 heavy (non-hydrogen) atoms. The van der Waals surface area contributed by atoms with Crippen molar-refractivity contribution in [3.63, 3.8) is 0 Å². The molecule has 0 aliphatic heterocycles. The van der Waals surface area contributed by atoms with Gasteiger partial charge in [-0.25, -0.2) is 0 Å². The molecule has 0 fully saturated rings. The van der Waals surface area contributed by atoms with Gasteiger partial charge in [-0.05, 0) is 18.6 Å². The minimum Gasteiger partial charge on any atom is -0.481 e. The molecular weight excluding hydrogens is 272 g/mol. The number of carbonyl (C=O) groups is 2. The fourth-order valence-corrected chi connectivity index (χ4v) is 1.81. The first kappa shape index (κ1) is 12.9. The maximum absolute atomic E-state index is 11.8. The first-order valence-corrected chi connectivity index (χ1v) is 5.85. The number of ketones is 1. The van der Waals surface area contributed by atoms with E-state index < -0.39 is 11.9 Å². The predicted octanol–water partition coefficient (Wildman–Crippen LogP) is 3.13. The standard InChI is InChI=1S/C12H13BrO3/c1-2-8(12(15)16)7-11(14)9-4-3-5-10(13)6-9/h3-6,8H,2,7H2,1H3,(H,15,16). The monoisotopic (exact) mass is 284 g/mol. The van der Waals surface area contributed by atoms with Gasteiger partial charge in [0, 0.05) is 16.5 Å². The first-order chi connectivity index (χ1) is 7.54. The zero-order chi connectivity index (χ0) is 12.1. The highest BCUT2D eigenvalue weighted by molar-refractivity contribution is 9.10. The smallest absolute Gasteiger partial charge is 0.306 e. The molecule has 0 heterocycles. The lowest BCUT2D eigenvalue weighted by molar-refractivity contribution is -0.141. The van der Waals surface area contributed by atoms with Gasteiger partial charge in [0.25, 0.3) is 0 Å². The van der Waals surface area contributed by atoms with Gasteiger partial charge in [-0.2, -0.15) is 0 Å². The summed E-state index contributed by atoms with van der Waals surface area (Å²) in [6.07, 6.45) is 0.525. The molecule has 0 aliphatic carbocycles. The summed E-state index contributed by atoms with van der Waals surface area (Å²) in [4.78, 5) is 22.6. The third kappa shape index (κ3) is 3.45. The highest BCUT2D eigenvalue weighted by atomic mass is 79.9. The number of benzene rings is 1. The van der Waals surface area contributed by atoms with Gasteiger partial charge >= 0.3 is 5.97 Å². The van der Waals surface area contributed by atoms with Crippen LogP contribution in [0.1, 0.15) is 30.1 Å². The molecule has 0 amide bonds. The van der Waals surface area contributed by atoms with E-state index in [0.717, 1.165) is 4.47 Å². The van der Waals surface area contributed by atoms with Crippen LogP contribution in [0.25, 0.3) is 0 Å². The van der Waals surface area contributed by atoms with Crippen molar-refractivity contribution in [2.24, 2.45) is 5.92 Å². The summed E-state index contributed by atoms with van der Waals surface area (Å²) in [7, 11) is 0. The minimum absolute atomic E-state index is 0.0578. The Kier molecular flexibility index (Phi) is 4.68. The van der Waals surface area contributed by atoms with Crippen molar-refractivity contribution in [2.75, 3.05) is 0 Å². The first-order valence-electron chi connectivity index (χ1n) is 5.06. The molecule has 0 aliphatic rings. The molecule has 0 saturated carbocycles. The number of aliphatic carboxylic acids is 1. The van der Waals surface area contributed by atoms with Gasteiger partial charge in [-0.15, -0.1) is 0 Å². The van der Waals surface area contributed by atoms with Gasteiger partial charge < -0.3 is 5.11 Å². The number of hydrogen-bond donors (Lipinski definition) is 1. The number of carboxylic acids is 1. The van der Waals surface area contributed by atoms with Crippen LogP contribution in [-0.2, 0) is 4.79 Å². The Labute approximate surface area is 103 Å². The van der Waals surface area contributed by atoms with Gasteiger partial charge in [0.2, 0.25) is 0 Å². The predicted molar refractivity (Wildman–Crippen MR) is 64.5 cm³/mol. The van der Waals surface area contributed by atoms with Crippen molar-refractivity contribution in [1.82, 2.24) is 0 Å². The average molecular weight is 285 g/mol. The van der Waals surface area contributed by atoms with Crippen LogP contribution in [0.5, 0.6) is 0 Å². The summed E-state index contributed by atoms with van der Waals surface area (Å²) < 4.78 is 0.821. The summed E-state index contributed by atoms with van der Waals surface area (Å²) in [5.41, 5.74) is 0.550.